The molecular formula is C35H40FNO4. The van der Waals surface area contributed by atoms with Gasteiger partial charge in [-0.05, 0) is 72.2 Å². The molecule has 0 aliphatic heterocycles. The van der Waals surface area contributed by atoms with Crippen molar-refractivity contribution in [2.24, 2.45) is 5.41 Å². The van der Waals surface area contributed by atoms with E-state index in [0.29, 0.717) is 36.6 Å². The zero-order valence-corrected chi connectivity index (χ0v) is 25.1. The third kappa shape index (κ3) is 6.37. The van der Waals surface area contributed by atoms with Crippen LogP contribution in [0.25, 0.3) is 21.9 Å². The van der Waals surface area contributed by atoms with Crippen LogP contribution in [0.4, 0.5) is 4.39 Å². The number of methoxy groups -OCH3 is 1. The third-order valence-corrected chi connectivity index (χ3v) is 7.52. The van der Waals surface area contributed by atoms with Gasteiger partial charge in [0, 0.05) is 23.8 Å². The van der Waals surface area contributed by atoms with Crippen molar-refractivity contribution >= 4 is 16.7 Å². The van der Waals surface area contributed by atoms with Crippen LogP contribution in [0.15, 0.2) is 66.7 Å². The molecule has 0 unspecified atom stereocenters. The summed E-state index contributed by atoms with van der Waals surface area (Å²) in [7, 11) is 1.42. The van der Waals surface area contributed by atoms with E-state index in [-0.39, 0.29) is 23.8 Å². The van der Waals surface area contributed by atoms with Crippen LogP contribution in [0, 0.1) is 18.2 Å². The Morgan fingerprint density at radius 1 is 1.02 bits per heavy atom. The van der Waals surface area contributed by atoms with E-state index in [1.54, 1.807) is 13.0 Å². The highest BCUT2D eigenvalue weighted by atomic mass is 19.1. The molecule has 5 rings (SSSR count). The van der Waals surface area contributed by atoms with Crippen LogP contribution in [-0.2, 0) is 16.1 Å². The van der Waals surface area contributed by atoms with Crippen molar-refractivity contribution in [3.8, 4) is 22.8 Å². The van der Waals surface area contributed by atoms with Gasteiger partial charge < -0.3 is 14.2 Å². The first-order valence-corrected chi connectivity index (χ1v) is 14.3. The van der Waals surface area contributed by atoms with Crippen molar-refractivity contribution in [3.63, 3.8) is 0 Å². The summed E-state index contributed by atoms with van der Waals surface area (Å²) >= 11 is 0. The van der Waals surface area contributed by atoms with Gasteiger partial charge >= 0.3 is 5.97 Å². The van der Waals surface area contributed by atoms with Gasteiger partial charge in [0.15, 0.2) is 0 Å². The Bertz CT molecular complexity index is 1510. The zero-order valence-electron chi connectivity index (χ0n) is 25.1. The first kappa shape index (κ1) is 30.0. The fourth-order valence-electron chi connectivity index (χ4n) is 5.32. The molecule has 0 spiro atoms. The SMILES string of the molecule is CC.COC(=O)C1(C)CC(Oc2nc(C(C)C)c(-c3ccc(F)c(C)c3)c3ccc(OCc4ccccc4)cc23)C1. The maximum atomic E-state index is 14.2. The monoisotopic (exact) mass is 557 g/mol. The Kier molecular flexibility index (Phi) is 9.31. The van der Waals surface area contributed by atoms with Crippen molar-refractivity contribution in [1.29, 1.82) is 0 Å². The molecule has 0 N–H and O–H groups in total. The summed E-state index contributed by atoms with van der Waals surface area (Å²) in [6, 6.07) is 21.1. The summed E-state index contributed by atoms with van der Waals surface area (Å²) < 4.78 is 31.8. The molecule has 0 atom stereocenters. The summed E-state index contributed by atoms with van der Waals surface area (Å²) in [6.45, 7) is 12.3. The van der Waals surface area contributed by atoms with Gasteiger partial charge in [-0.3, -0.25) is 4.79 Å². The lowest BCUT2D eigenvalue weighted by molar-refractivity contribution is -0.163. The maximum Gasteiger partial charge on any atom is 0.311 e. The molecule has 4 aromatic rings. The Morgan fingerprint density at radius 3 is 2.37 bits per heavy atom. The van der Waals surface area contributed by atoms with Crippen LogP contribution in [0.3, 0.4) is 0 Å². The maximum absolute atomic E-state index is 14.2. The topological polar surface area (TPSA) is 57.7 Å². The van der Waals surface area contributed by atoms with Crippen LogP contribution < -0.4 is 9.47 Å². The van der Waals surface area contributed by atoms with Gasteiger partial charge in [0.2, 0.25) is 5.88 Å². The molecule has 6 heteroatoms. The normalized spacial score (nSPS) is 17.8. The van der Waals surface area contributed by atoms with Gasteiger partial charge in [0.25, 0.3) is 0 Å². The zero-order chi connectivity index (χ0) is 29.7. The van der Waals surface area contributed by atoms with Gasteiger partial charge in [-0.25, -0.2) is 9.37 Å². The van der Waals surface area contributed by atoms with Crippen molar-refractivity contribution in [2.45, 2.75) is 73.0 Å². The van der Waals surface area contributed by atoms with Gasteiger partial charge in [0.05, 0.1) is 18.2 Å². The molecule has 41 heavy (non-hydrogen) atoms. The van der Waals surface area contributed by atoms with Crippen LogP contribution in [0.5, 0.6) is 11.6 Å². The van der Waals surface area contributed by atoms with Crippen molar-refractivity contribution in [2.75, 3.05) is 7.11 Å². The third-order valence-electron chi connectivity index (χ3n) is 7.52. The summed E-state index contributed by atoms with van der Waals surface area (Å²) in [4.78, 5) is 17.3. The van der Waals surface area contributed by atoms with E-state index in [4.69, 9.17) is 19.2 Å². The molecule has 0 saturated heterocycles. The molecule has 0 radical (unpaired) electrons. The molecule has 1 heterocycles. The standard InChI is InChI=1S/C33H34FNO4.C2H6/c1-20(2)30-29(23-11-14-28(34)21(3)15-23)26-13-12-24(38-19-22-9-7-6-8-10-22)16-27(26)31(35-30)39-25-17-33(4,18-25)32(36)37-5;1-2/h6-16,20,25H,17-19H2,1-5H3;1-2H3. The van der Waals surface area contributed by atoms with Gasteiger partial charge in [-0.2, -0.15) is 0 Å². The van der Waals surface area contributed by atoms with Crippen LogP contribution in [0.2, 0.25) is 0 Å². The second-order valence-electron chi connectivity index (χ2n) is 11.0. The first-order valence-electron chi connectivity index (χ1n) is 14.3. The lowest BCUT2D eigenvalue weighted by Crippen LogP contribution is -2.47. The number of carbonyl (C=O) groups is 1. The summed E-state index contributed by atoms with van der Waals surface area (Å²) in [5, 5.41) is 1.77. The highest BCUT2D eigenvalue weighted by Gasteiger charge is 2.49. The number of aromatic nitrogens is 1. The number of esters is 1. The average Bonchev–Trinajstić information content (AvgIpc) is 2.97. The van der Waals surface area contributed by atoms with E-state index in [1.165, 1.54) is 13.2 Å². The molecule has 1 aliphatic rings. The van der Waals surface area contributed by atoms with Gasteiger partial charge in [-0.15, -0.1) is 0 Å². The quantitative estimate of drug-likeness (QED) is 0.203. The lowest BCUT2D eigenvalue weighted by atomic mass is 9.68. The van der Waals surface area contributed by atoms with Crippen LogP contribution in [-0.4, -0.2) is 24.2 Å². The molecule has 1 fully saturated rings. The Morgan fingerprint density at radius 2 is 1.73 bits per heavy atom. The van der Waals surface area contributed by atoms with Crippen molar-refractivity contribution in [1.82, 2.24) is 4.98 Å². The molecule has 0 amide bonds. The minimum absolute atomic E-state index is 0.0906. The predicted octanol–water partition coefficient (Wildman–Crippen LogP) is 8.80. The van der Waals surface area contributed by atoms with E-state index in [2.05, 4.69) is 13.8 Å². The summed E-state index contributed by atoms with van der Waals surface area (Å²) in [6.07, 6.45) is 0.962. The molecular weight excluding hydrogens is 517 g/mol. The van der Waals surface area contributed by atoms with E-state index in [9.17, 15) is 9.18 Å². The molecule has 5 nitrogen and oxygen atoms in total. The molecule has 1 aromatic heterocycles. The second kappa shape index (κ2) is 12.7. The number of nitrogens with zero attached hydrogens (tertiary/aromatic N) is 1. The minimum atomic E-state index is -0.550. The van der Waals surface area contributed by atoms with Gasteiger partial charge in [0.1, 0.15) is 24.3 Å². The largest absolute Gasteiger partial charge is 0.489 e. The molecule has 1 aliphatic carbocycles. The number of benzene rings is 3. The summed E-state index contributed by atoms with van der Waals surface area (Å²) in [5.74, 6) is 0.842. The second-order valence-corrected chi connectivity index (χ2v) is 11.0. The van der Waals surface area contributed by atoms with E-state index < -0.39 is 5.41 Å². The number of ether oxygens (including phenoxy) is 3. The van der Waals surface area contributed by atoms with Crippen LogP contribution in [0.1, 0.15) is 70.2 Å². The van der Waals surface area contributed by atoms with E-state index in [0.717, 1.165) is 33.2 Å². The van der Waals surface area contributed by atoms with Crippen LogP contribution >= 0.6 is 0 Å². The Labute approximate surface area is 242 Å². The fourth-order valence-corrected chi connectivity index (χ4v) is 5.32. The Hall–Kier alpha value is -3.93. The van der Waals surface area contributed by atoms with E-state index in [1.807, 2.05) is 75.4 Å². The Balaban J connectivity index is 0.00000189. The number of hydrogen-bond donors (Lipinski definition) is 0. The number of pyridine rings is 1. The summed E-state index contributed by atoms with van der Waals surface area (Å²) in [5.41, 5.74) is 3.83. The average molecular weight is 558 g/mol. The fraction of sp³-hybridized carbons (Fsp3) is 0.371. The number of rotatable bonds is 8. The number of hydrogen-bond acceptors (Lipinski definition) is 5. The van der Waals surface area contributed by atoms with Crippen molar-refractivity contribution < 1.29 is 23.4 Å². The predicted molar refractivity (Wildman–Crippen MR) is 162 cm³/mol. The lowest BCUT2D eigenvalue weighted by Gasteiger charge is -2.42. The number of halogens is 1. The first-order chi connectivity index (χ1) is 19.7. The number of aryl methyl sites for hydroxylation is 1. The smallest absolute Gasteiger partial charge is 0.311 e. The highest BCUT2D eigenvalue weighted by Crippen LogP contribution is 2.46. The molecule has 3 aromatic carbocycles. The number of fused-ring (bicyclic) bond motifs is 1. The highest BCUT2D eigenvalue weighted by molar-refractivity contribution is 6.01. The number of carbonyl (C=O) groups excluding carboxylic acids is 1. The minimum Gasteiger partial charge on any atom is -0.489 e. The molecule has 216 valence electrons. The molecule has 0 bridgehead atoms. The van der Waals surface area contributed by atoms with Crippen molar-refractivity contribution in [3.05, 3.63) is 89.4 Å². The van der Waals surface area contributed by atoms with Gasteiger partial charge in [-0.1, -0.05) is 64.1 Å². The molecule has 1 saturated carbocycles. The van der Waals surface area contributed by atoms with E-state index >= 15 is 0 Å².